The SMILES string of the molecule is COc1ccc(-c2nnc(NC(O)CO)s2)cc1. The highest BCUT2D eigenvalue weighted by atomic mass is 32.1. The van der Waals surface area contributed by atoms with Gasteiger partial charge in [-0.1, -0.05) is 11.3 Å². The molecule has 0 aliphatic heterocycles. The van der Waals surface area contributed by atoms with Crippen LogP contribution in [-0.4, -0.2) is 40.4 Å². The van der Waals surface area contributed by atoms with E-state index in [1.807, 2.05) is 24.3 Å². The van der Waals surface area contributed by atoms with Crippen LogP contribution in [0.25, 0.3) is 10.6 Å². The number of benzene rings is 1. The van der Waals surface area contributed by atoms with Gasteiger partial charge < -0.3 is 20.3 Å². The first-order valence-electron chi connectivity index (χ1n) is 5.26. The number of hydrogen-bond donors (Lipinski definition) is 3. The maximum Gasteiger partial charge on any atom is 0.208 e. The summed E-state index contributed by atoms with van der Waals surface area (Å²) >= 11 is 1.30. The monoisotopic (exact) mass is 267 g/mol. The molecule has 18 heavy (non-hydrogen) atoms. The first-order chi connectivity index (χ1) is 8.72. The lowest BCUT2D eigenvalue weighted by Crippen LogP contribution is -2.22. The van der Waals surface area contributed by atoms with Gasteiger partial charge in [0.05, 0.1) is 13.7 Å². The number of aliphatic hydroxyl groups excluding tert-OH is 2. The molecule has 3 N–H and O–H groups in total. The molecule has 0 fully saturated rings. The summed E-state index contributed by atoms with van der Waals surface area (Å²) < 4.78 is 5.07. The van der Waals surface area contributed by atoms with Crippen molar-refractivity contribution in [2.45, 2.75) is 6.23 Å². The molecular formula is C11H13N3O3S. The first kappa shape index (κ1) is 12.7. The Morgan fingerprint density at radius 1 is 1.33 bits per heavy atom. The van der Waals surface area contributed by atoms with Crippen molar-refractivity contribution >= 4 is 16.5 Å². The van der Waals surface area contributed by atoms with Crippen molar-refractivity contribution in [2.75, 3.05) is 19.0 Å². The number of ether oxygens (including phenoxy) is 1. The van der Waals surface area contributed by atoms with Crippen LogP contribution in [0.1, 0.15) is 0 Å². The van der Waals surface area contributed by atoms with Gasteiger partial charge in [-0.15, -0.1) is 10.2 Å². The summed E-state index contributed by atoms with van der Waals surface area (Å²) in [5, 5.41) is 29.6. The Labute approximate surface area is 108 Å². The van der Waals surface area contributed by atoms with Crippen LogP contribution in [0.4, 0.5) is 5.13 Å². The number of aromatic nitrogens is 2. The number of methoxy groups -OCH3 is 1. The highest BCUT2D eigenvalue weighted by molar-refractivity contribution is 7.18. The minimum absolute atomic E-state index is 0.378. The molecule has 1 unspecified atom stereocenters. The largest absolute Gasteiger partial charge is 0.497 e. The Hall–Kier alpha value is -1.70. The average Bonchev–Trinajstić information content (AvgIpc) is 2.87. The summed E-state index contributed by atoms with van der Waals surface area (Å²) in [5.74, 6) is 0.775. The summed E-state index contributed by atoms with van der Waals surface area (Å²) in [5.41, 5.74) is 0.917. The van der Waals surface area contributed by atoms with Crippen molar-refractivity contribution in [3.8, 4) is 16.3 Å². The van der Waals surface area contributed by atoms with Crippen LogP contribution in [0.2, 0.25) is 0 Å². The zero-order chi connectivity index (χ0) is 13.0. The molecule has 1 atom stereocenters. The Bertz CT molecular complexity index is 500. The van der Waals surface area contributed by atoms with E-state index in [-0.39, 0.29) is 6.61 Å². The molecule has 2 rings (SSSR count). The second kappa shape index (κ2) is 5.76. The number of rotatable bonds is 5. The number of anilines is 1. The van der Waals surface area contributed by atoms with Gasteiger partial charge >= 0.3 is 0 Å². The maximum atomic E-state index is 9.22. The van der Waals surface area contributed by atoms with E-state index in [1.54, 1.807) is 7.11 Å². The van der Waals surface area contributed by atoms with E-state index in [0.29, 0.717) is 5.13 Å². The van der Waals surface area contributed by atoms with Gasteiger partial charge in [-0.3, -0.25) is 0 Å². The third kappa shape index (κ3) is 2.95. The molecule has 96 valence electrons. The normalized spacial score (nSPS) is 12.2. The van der Waals surface area contributed by atoms with E-state index in [1.165, 1.54) is 11.3 Å². The standard InChI is InChI=1S/C11H13N3O3S/c1-17-8-4-2-7(3-5-8)10-13-14-11(18-10)12-9(16)6-15/h2-5,9,15-16H,6H2,1H3,(H,12,14). The quantitative estimate of drug-likeness (QED) is 0.699. The molecule has 0 aliphatic rings. The molecule has 6 nitrogen and oxygen atoms in total. The van der Waals surface area contributed by atoms with Gasteiger partial charge in [0.25, 0.3) is 0 Å². The zero-order valence-corrected chi connectivity index (χ0v) is 10.5. The van der Waals surface area contributed by atoms with Crippen molar-refractivity contribution in [2.24, 2.45) is 0 Å². The van der Waals surface area contributed by atoms with Crippen molar-refractivity contribution in [3.05, 3.63) is 24.3 Å². The van der Waals surface area contributed by atoms with Crippen LogP contribution >= 0.6 is 11.3 Å². The van der Waals surface area contributed by atoms with Crippen LogP contribution < -0.4 is 10.1 Å². The van der Waals surface area contributed by atoms with Gasteiger partial charge in [0, 0.05) is 5.56 Å². The molecule has 0 saturated carbocycles. The Balaban J connectivity index is 2.13. The fourth-order valence-corrected chi connectivity index (χ4v) is 2.12. The average molecular weight is 267 g/mol. The van der Waals surface area contributed by atoms with E-state index in [2.05, 4.69) is 15.5 Å². The number of hydrogen-bond acceptors (Lipinski definition) is 7. The molecular weight excluding hydrogens is 254 g/mol. The van der Waals surface area contributed by atoms with Crippen LogP contribution in [0.5, 0.6) is 5.75 Å². The van der Waals surface area contributed by atoms with Crippen LogP contribution in [0, 0.1) is 0 Å². The third-order valence-electron chi connectivity index (χ3n) is 2.22. The molecule has 1 heterocycles. The highest BCUT2D eigenvalue weighted by Crippen LogP contribution is 2.27. The van der Waals surface area contributed by atoms with E-state index in [0.717, 1.165) is 16.3 Å². The van der Waals surface area contributed by atoms with E-state index in [4.69, 9.17) is 9.84 Å². The summed E-state index contributed by atoms with van der Waals surface area (Å²) in [4.78, 5) is 0. The summed E-state index contributed by atoms with van der Waals surface area (Å²) in [6, 6.07) is 7.44. The van der Waals surface area contributed by atoms with E-state index < -0.39 is 6.23 Å². The number of nitrogens with zero attached hydrogens (tertiary/aromatic N) is 2. The first-order valence-corrected chi connectivity index (χ1v) is 6.08. The van der Waals surface area contributed by atoms with Gasteiger partial charge in [-0.25, -0.2) is 0 Å². The molecule has 1 aromatic carbocycles. The zero-order valence-electron chi connectivity index (χ0n) is 9.70. The lowest BCUT2D eigenvalue weighted by molar-refractivity contribution is 0.116. The highest BCUT2D eigenvalue weighted by Gasteiger charge is 2.09. The van der Waals surface area contributed by atoms with Gasteiger partial charge in [0.2, 0.25) is 5.13 Å². The Morgan fingerprint density at radius 3 is 2.67 bits per heavy atom. The van der Waals surface area contributed by atoms with Crippen molar-refractivity contribution in [3.63, 3.8) is 0 Å². The topological polar surface area (TPSA) is 87.5 Å². The van der Waals surface area contributed by atoms with Crippen LogP contribution in [0.15, 0.2) is 24.3 Å². The van der Waals surface area contributed by atoms with Crippen LogP contribution in [0.3, 0.4) is 0 Å². The molecule has 7 heteroatoms. The van der Waals surface area contributed by atoms with Crippen molar-refractivity contribution in [1.29, 1.82) is 0 Å². The molecule has 0 bridgehead atoms. The molecule has 0 radical (unpaired) electrons. The van der Waals surface area contributed by atoms with Gasteiger partial charge in [0.1, 0.15) is 17.0 Å². The van der Waals surface area contributed by atoms with E-state index in [9.17, 15) is 5.11 Å². The fraction of sp³-hybridized carbons (Fsp3) is 0.273. The second-order valence-corrected chi connectivity index (χ2v) is 4.46. The molecule has 0 saturated heterocycles. The van der Waals surface area contributed by atoms with Crippen LogP contribution in [-0.2, 0) is 0 Å². The van der Waals surface area contributed by atoms with Crippen molar-refractivity contribution in [1.82, 2.24) is 10.2 Å². The number of nitrogens with one attached hydrogen (secondary N) is 1. The summed E-state index contributed by atoms with van der Waals surface area (Å²) in [6.45, 7) is -0.378. The number of aliphatic hydroxyl groups is 2. The Kier molecular flexibility index (Phi) is 4.08. The maximum absolute atomic E-state index is 9.22. The second-order valence-electron chi connectivity index (χ2n) is 3.48. The Morgan fingerprint density at radius 2 is 2.06 bits per heavy atom. The smallest absolute Gasteiger partial charge is 0.208 e. The molecule has 0 aliphatic carbocycles. The van der Waals surface area contributed by atoms with E-state index >= 15 is 0 Å². The molecule has 0 amide bonds. The molecule has 2 aromatic rings. The van der Waals surface area contributed by atoms with Gasteiger partial charge in [-0.2, -0.15) is 0 Å². The minimum Gasteiger partial charge on any atom is -0.497 e. The predicted octanol–water partition coefficient (Wildman–Crippen LogP) is 0.936. The lowest BCUT2D eigenvalue weighted by atomic mass is 10.2. The fourth-order valence-electron chi connectivity index (χ4n) is 1.32. The van der Waals surface area contributed by atoms with Gasteiger partial charge in [0.15, 0.2) is 0 Å². The molecule has 1 aromatic heterocycles. The minimum atomic E-state index is -1.03. The summed E-state index contributed by atoms with van der Waals surface area (Å²) in [6.07, 6.45) is -1.03. The summed E-state index contributed by atoms with van der Waals surface area (Å²) in [7, 11) is 1.61. The lowest BCUT2D eigenvalue weighted by Gasteiger charge is -2.06. The third-order valence-corrected chi connectivity index (χ3v) is 3.13. The van der Waals surface area contributed by atoms with Crippen molar-refractivity contribution < 1.29 is 14.9 Å². The van der Waals surface area contributed by atoms with Gasteiger partial charge in [-0.05, 0) is 24.3 Å². The molecule has 0 spiro atoms. The predicted molar refractivity (Wildman–Crippen MR) is 68.6 cm³/mol.